The fraction of sp³-hybridized carbons (Fsp3) is 0. The molecule has 78 valence electrons. The lowest BCUT2D eigenvalue weighted by Gasteiger charge is -2.04. The third kappa shape index (κ3) is 2.08. The first-order valence-corrected chi connectivity index (χ1v) is 5.21. The number of hydrogen-bond donors (Lipinski definition) is 2. The minimum Gasteiger partial charge on any atom is -0.504 e. The molecule has 4 nitrogen and oxygen atoms in total. The van der Waals surface area contributed by atoms with E-state index in [-0.39, 0.29) is 11.5 Å². The van der Waals surface area contributed by atoms with Crippen LogP contribution in [0, 0.1) is 0 Å². The molecule has 2 N–H and O–H groups in total. The molecule has 0 saturated heterocycles. The molecule has 15 heavy (non-hydrogen) atoms. The fourth-order valence-corrected chi connectivity index (χ4v) is 1.64. The molecule has 2 aromatic rings. The zero-order valence-corrected chi connectivity index (χ0v) is 8.40. The van der Waals surface area contributed by atoms with Crippen molar-refractivity contribution in [1.82, 2.24) is 0 Å². The molecule has 0 spiro atoms. The van der Waals surface area contributed by atoms with Crippen molar-refractivity contribution in [2.75, 3.05) is 0 Å². The minimum absolute atomic E-state index is 0.00506. The Kier molecular flexibility index (Phi) is 2.57. The molecule has 0 bridgehead atoms. The van der Waals surface area contributed by atoms with Gasteiger partial charge in [-0.3, -0.25) is 4.55 Å². The first-order chi connectivity index (χ1) is 7.16. The first kappa shape index (κ1) is 9.95. The van der Waals surface area contributed by atoms with Crippen molar-refractivity contribution in [2.24, 2.45) is 0 Å². The Morgan fingerprint density at radius 1 is 1.13 bits per heavy atom. The monoisotopic (exact) mass is 224 g/mol. The molecule has 0 aliphatic heterocycles. The second-order valence-electron chi connectivity index (χ2n) is 2.97. The van der Waals surface area contributed by atoms with Crippen molar-refractivity contribution < 1.29 is 18.1 Å². The van der Waals surface area contributed by atoms with E-state index in [1.807, 2.05) is 24.3 Å². The molecule has 2 aromatic carbocycles. The molecule has 1 unspecified atom stereocenters. The van der Waals surface area contributed by atoms with Gasteiger partial charge in [-0.1, -0.05) is 24.3 Å². The highest BCUT2D eigenvalue weighted by Crippen LogP contribution is 2.31. The molecule has 5 heteroatoms. The summed E-state index contributed by atoms with van der Waals surface area (Å²) in [4.78, 5) is 0. The van der Waals surface area contributed by atoms with Crippen LogP contribution in [0.25, 0.3) is 10.8 Å². The van der Waals surface area contributed by atoms with Gasteiger partial charge in [-0.05, 0) is 22.9 Å². The summed E-state index contributed by atoms with van der Waals surface area (Å²) in [5.74, 6) is -0.161. The Morgan fingerprint density at radius 3 is 2.33 bits per heavy atom. The SMILES string of the molecule is O=S(O)Oc1cc2ccccc2cc1O. The van der Waals surface area contributed by atoms with Gasteiger partial charge in [0.25, 0.3) is 0 Å². The molecular formula is C10H8O4S. The van der Waals surface area contributed by atoms with E-state index in [0.29, 0.717) is 0 Å². The Bertz CT molecular complexity index is 524. The van der Waals surface area contributed by atoms with Crippen LogP contribution < -0.4 is 4.18 Å². The molecule has 0 saturated carbocycles. The molecule has 0 aliphatic carbocycles. The lowest BCUT2D eigenvalue weighted by Crippen LogP contribution is -1.97. The van der Waals surface area contributed by atoms with Crippen LogP contribution >= 0.6 is 0 Å². The van der Waals surface area contributed by atoms with Gasteiger partial charge in [0.05, 0.1) is 0 Å². The van der Waals surface area contributed by atoms with Gasteiger partial charge in [-0.2, -0.15) is 4.21 Å². The maximum absolute atomic E-state index is 10.4. The number of aromatic hydroxyl groups is 1. The molecule has 0 fully saturated rings. The maximum atomic E-state index is 10.4. The van der Waals surface area contributed by atoms with Gasteiger partial charge in [0.1, 0.15) is 0 Å². The average Bonchev–Trinajstić information content (AvgIpc) is 2.18. The summed E-state index contributed by atoms with van der Waals surface area (Å²) >= 11 is -2.43. The quantitative estimate of drug-likeness (QED) is 0.766. The van der Waals surface area contributed by atoms with Crippen molar-refractivity contribution in [3.63, 3.8) is 0 Å². The Morgan fingerprint density at radius 2 is 1.73 bits per heavy atom. The minimum atomic E-state index is -2.43. The van der Waals surface area contributed by atoms with E-state index in [9.17, 15) is 9.32 Å². The maximum Gasteiger partial charge on any atom is 0.357 e. The molecule has 0 aliphatic rings. The zero-order valence-electron chi connectivity index (χ0n) is 7.58. The van der Waals surface area contributed by atoms with Crippen molar-refractivity contribution in [2.45, 2.75) is 0 Å². The van der Waals surface area contributed by atoms with Gasteiger partial charge in [0.15, 0.2) is 11.5 Å². The highest BCUT2D eigenvalue weighted by atomic mass is 32.2. The Hall–Kier alpha value is -1.59. The van der Waals surface area contributed by atoms with E-state index >= 15 is 0 Å². The molecule has 1 atom stereocenters. The number of phenolic OH excluding ortho intramolecular Hbond substituents is 1. The lowest BCUT2D eigenvalue weighted by molar-refractivity contribution is 0.418. The summed E-state index contributed by atoms with van der Waals surface area (Å²) in [5, 5.41) is 11.2. The highest BCUT2D eigenvalue weighted by Gasteiger charge is 2.07. The third-order valence-electron chi connectivity index (χ3n) is 1.99. The third-order valence-corrected chi connectivity index (χ3v) is 2.31. The number of fused-ring (bicyclic) bond motifs is 1. The van der Waals surface area contributed by atoms with E-state index in [0.717, 1.165) is 10.8 Å². The number of phenols is 1. The van der Waals surface area contributed by atoms with Gasteiger partial charge in [-0.25, -0.2) is 0 Å². The van der Waals surface area contributed by atoms with Crippen molar-refractivity contribution >= 4 is 22.1 Å². The number of rotatable bonds is 2. The Balaban J connectivity index is 2.56. The second kappa shape index (κ2) is 3.88. The predicted molar refractivity (Wildman–Crippen MR) is 57.0 cm³/mol. The van der Waals surface area contributed by atoms with Gasteiger partial charge in [0, 0.05) is 0 Å². The van der Waals surface area contributed by atoms with Crippen LogP contribution in [0.5, 0.6) is 11.5 Å². The summed E-state index contributed by atoms with van der Waals surface area (Å²) < 4.78 is 23.5. The summed E-state index contributed by atoms with van der Waals surface area (Å²) in [6, 6.07) is 10.3. The second-order valence-corrected chi connectivity index (χ2v) is 3.57. The van der Waals surface area contributed by atoms with Crippen LogP contribution in [0.1, 0.15) is 0 Å². The molecular weight excluding hydrogens is 216 g/mol. The number of hydrogen-bond acceptors (Lipinski definition) is 3. The zero-order chi connectivity index (χ0) is 10.8. The summed E-state index contributed by atoms with van der Waals surface area (Å²) in [6.45, 7) is 0. The summed E-state index contributed by atoms with van der Waals surface area (Å²) in [7, 11) is 0. The number of benzene rings is 2. The normalized spacial score (nSPS) is 12.6. The van der Waals surface area contributed by atoms with Crippen LogP contribution in [0.4, 0.5) is 0 Å². The predicted octanol–water partition coefficient (Wildman–Crippen LogP) is 2.06. The van der Waals surface area contributed by atoms with Crippen LogP contribution in [0.2, 0.25) is 0 Å². The lowest BCUT2D eigenvalue weighted by atomic mass is 10.1. The van der Waals surface area contributed by atoms with Crippen LogP contribution in [-0.4, -0.2) is 13.9 Å². The Labute approximate surface area is 88.6 Å². The van der Waals surface area contributed by atoms with Crippen molar-refractivity contribution in [3.05, 3.63) is 36.4 Å². The van der Waals surface area contributed by atoms with E-state index < -0.39 is 11.4 Å². The largest absolute Gasteiger partial charge is 0.504 e. The highest BCUT2D eigenvalue weighted by molar-refractivity contribution is 7.74. The molecule has 0 amide bonds. The fourth-order valence-electron chi connectivity index (χ4n) is 1.35. The van der Waals surface area contributed by atoms with Crippen LogP contribution in [0.3, 0.4) is 0 Å². The molecule has 0 heterocycles. The topological polar surface area (TPSA) is 66.8 Å². The summed E-state index contributed by atoms with van der Waals surface area (Å²) in [6.07, 6.45) is 0. The van der Waals surface area contributed by atoms with Gasteiger partial charge < -0.3 is 9.29 Å². The molecule has 0 aromatic heterocycles. The molecule has 2 rings (SSSR count). The van der Waals surface area contributed by atoms with E-state index in [1.165, 1.54) is 12.1 Å². The molecule has 0 radical (unpaired) electrons. The van der Waals surface area contributed by atoms with Crippen LogP contribution in [0.15, 0.2) is 36.4 Å². The van der Waals surface area contributed by atoms with Crippen molar-refractivity contribution in [1.29, 1.82) is 0 Å². The first-order valence-electron chi connectivity index (χ1n) is 4.18. The smallest absolute Gasteiger partial charge is 0.357 e. The van der Waals surface area contributed by atoms with Crippen molar-refractivity contribution in [3.8, 4) is 11.5 Å². The van der Waals surface area contributed by atoms with Gasteiger partial charge in [0.2, 0.25) is 0 Å². The van der Waals surface area contributed by atoms with E-state index in [4.69, 9.17) is 4.55 Å². The standard InChI is InChI=1S/C10H8O4S/c11-9-5-7-3-1-2-4-8(7)6-10(9)14-15(12)13/h1-6,11H,(H,12,13). The van der Waals surface area contributed by atoms with Gasteiger partial charge >= 0.3 is 11.4 Å². The van der Waals surface area contributed by atoms with E-state index in [1.54, 1.807) is 0 Å². The average molecular weight is 224 g/mol. The van der Waals surface area contributed by atoms with Gasteiger partial charge in [-0.15, -0.1) is 0 Å². The van der Waals surface area contributed by atoms with Crippen LogP contribution in [-0.2, 0) is 11.4 Å². The summed E-state index contributed by atoms with van der Waals surface area (Å²) in [5.41, 5.74) is 0. The van der Waals surface area contributed by atoms with E-state index in [2.05, 4.69) is 4.18 Å².